The first-order valence-corrected chi connectivity index (χ1v) is 7.98. The van der Waals surface area contributed by atoms with Gasteiger partial charge in [-0.1, -0.05) is 46.6 Å². The number of para-hydroxylation sites is 2. The Bertz CT molecular complexity index is 572. The van der Waals surface area contributed by atoms with Gasteiger partial charge in [-0.25, -0.2) is 0 Å². The third kappa shape index (κ3) is 3.90. The van der Waals surface area contributed by atoms with Gasteiger partial charge < -0.3 is 9.47 Å². The molecule has 106 valence electrons. The van der Waals surface area contributed by atoms with Crippen LogP contribution in [0.1, 0.15) is 18.9 Å². The summed E-state index contributed by atoms with van der Waals surface area (Å²) in [5.74, 6) is 2.24. The molecule has 0 bridgehead atoms. The zero-order valence-electron chi connectivity index (χ0n) is 11.2. The second kappa shape index (κ2) is 7.55. The standard InChI is InChI=1S/C16H16BrClO2/c1-2-9-19-15-5-3-4-6-16(15)20-14-8-7-13(18)10-12(14)11-17/h3-8,10H,2,9,11H2,1H3. The summed E-state index contributed by atoms with van der Waals surface area (Å²) in [5.41, 5.74) is 1.00. The molecular weight excluding hydrogens is 340 g/mol. The minimum atomic E-state index is 0.673. The number of halogens is 2. The summed E-state index contributed by atoms with van der Waals surface area (Å²) in [6.45, 7) is 2.75. The van der Waals surface area contributed by atoms with Crippen LogP contribution in [0, 0.1) is 0 Å². The molecule has 2 aromatic carbocycles. The Labute approximate surface area is 132 Å². The van der Waals surface area contributed by atoms with E-state index >= 15 is 0 Å². The molecule has 0 amide bonds. The Morgan fingerprint density at radius 2 is 1.80 bits per heavy atom. The fraction of sp³-hybridized carbons (Fsp3) is 0.250. The molecule has 0 aliphatic rings. The molecule has 0 saturated carbocycles. The molecule has 0 unspecified atom stereocenters. The second-order valence-electron chi connectivity index (χ2n) is 4.28. The first-order valence-electron chi connectivity index (χ1n) is 6.48. The average molecular weight is 356 g/mol. The van der Waals surface area contributed by atoms with Gasteiger partial charge in [0.25, 0.3) is 0 Å². The van der Waals surface area contributed by atoms with Crippen molar-refractivity contribution in [3.8, 4) is 17.2 Å². The van der Waals surface area contributed by atoms with Gasteiger partial charge in [0, 0.05) is 15.9 Å². The normalized spacial score (nSPS) is 10.3. The molecule has 0 atom stereocenters. The van der Waals surface area contributed by atoms with Gasteiger partial charge in [-0.05, 0) is 36.8 Å². The van der Waals surface area contributed by atoms with Crippen molar-refractivity contribution < 1.29 is 9.47 Å². The minimum absolute atomic E-state index is 0.673. The quantitative estimate of drug-likeness (QED) is 0.608. The van der Waals surface area contributed by atoms with E-state index in [9.17, 15) is 0 Å². The highest BCUT2D eigenvalue weighted by atomic mass is 79.9. The SMILES string of the molecule is CCCOc1ccccc1Oc1ccc(Cl)cc1CBr. The summed E-state index contributed by atoms with van der Waals surface area (Å²) in [7, 11) is 0. The molecule has 2 nitrogen and oxygen atoms in total. The van der Waals surface area contributed by atoms with Crippen LogP contribution in [0.4, 0.5) is 0 Å². The summed E-state index contributed by atoms with van der Waals surface area (Å²) in [6.07, 6.45) is 0.960. The van der Waals surface area contributed by atoms with Crippen molar-refractivity contribution in [2.45, 2.75) is 18.7 Å². The smallest absolute Gasteiger partial charge is 0.169 e. The third-order valence-corrected chi connectivity index (χ3v) is 3.54. The van der Waals surface area contributed by atoms with Gasteiger partial charge in [-0.3, -0.25) is 0 Å². The van der Waals surface area contributed by atoms with Gasteiger partial charge in [-0.15, -0.1) is 0 Å². The molecule has 0 heterocycles. The fourth-order valence-corrected chi connectivity index (χ4v) is 2.37. The summed E-state index contributed by atoms with van der Waals surface area (Å²) < 4.78 is 11.7. The molecule has 0 N–H and O–H groups in total. The third-order valence-electron chi connectivity index (χ3n) is 2.70. The van der Waals surface area contributed by atoms with Crippen LogP contribution in [0.15, 0.2) is 42.5 Å². The predicted molar refractivity (Wildman–Crippen MR) is 86.4 cm³/mol. The molecule has 0 radical (unpaired) electrons. The van der Waals surface area contributed by atoms with Crippen molar-refractivity contribution >= 4 is 27.5 Å². The highest BCUT2D eigenvalue weighted by molar-refractivity contribution is 9.08. The van der Waals surface area contributed by atoms with Crippen LogP contribution in [0.3, 0.4) is 0 Å². The Balaban J connectivity index is 2.25. The lowest BCUT2D eigenvalue weighted by atomic mass is 10.2. The Kier molecular flexibility index (Phi) is 5.74. The van der Waals surface area contributed by atoms with E-state index in [1.54, 1.807) is 0 Å². The van der Waals surface area contributed by atoms with Crippen molar-refractivity contribution in [1.82, 2.24) is 0 Å². The van der Waals surface area contributed by atoms with Gasteiger partial charge in [-0.2, -0.15) is 0 Å². The molecule has 0 spiro atoms. The zero-order chi connectivity index (χ0) is 14.4. The van der Waals surface area contributed by atoms with Gasteiger partial charge >= 0.3 is 0 Å². The molecule has 0 fully saturated rings. The van der Waals surface area contributed by atoms with Crippen LogP contribution >= 0.6 is 27.5 Å². The molecule has 4 heteroatoms. The molecule has 2 aromatic rings. The van der Waals surface area contributed by atoms with E-state index in [0.717, 1.165) is 23.5 Å². The second-order valence-corrected chi connectivity index (χ2v) is 5.28. The first-order chi connectivity index (χ1) is 9.74. The van der Waals surface area contributed by atoms with Gasteiger partial charge in [0.2, 0.25) is 0 Å². The molecule has 20 heavy (non-hydrogen) atoms. The molecule has 0 aliphatic heterocycles. The lowest BCUT2D eigenvalue weighted by Crippen LogP contribution is -1.98. The summed E-state index contributed by atoms with van der Waals surface area (Å²) in [4.78, 5) is 0. The minimum Gasteiger partial charge on any atom is -0.490 e. The maximum Gasteiger partial charge on any atom is 0.169 e. The molecular formula is C16H16BrClO2. The largest absolute Gasteiger partial charge is 0.490 e. The topological polar surface area (TPSA) is 18.5 Å². The van der Waals surface area contributed by atoms with Crippen molar-refractivity contribution in [3.05, 3.63) is 53.1 Å². The zero-order valence-corrected chi connectivity index (χ0v) is 13.6. The van der Waals surface area contributed by atoms with Crippen molar-refractivity contribution in [1.29, 1.82) is 0 Å². The maximum atomic E-state index is 6.00. The van der Waals surface area contributed by atoms with E-state index in [1.807, 2.05) is 42.5 Å². The number of hydrogen-bond donors (Lipinski definition) is 0. The maximum absolute atomic E-state index is 6.00. The summed E-state index contributed by atoms with van der Waals surface area (Å²) >= 11 is 9.44. The van der Waals surface area contributed by atoms with E-state index in [1.165, 1.54) is 0 Å². The highest BCUT2D eigenvalue weighted by Crippen LogP contribution is 2.34. The Morgan fingerprint density at radius 3 is 2.50 bits per heavy atom. The number of rotatable bonds is 6. The van der Waals surface area contributed by atoms with E-state index < -0.39 is 0 Å². The number of alkyl halides is 1. The molecule has 0 saturated heterocycles. The van der Waals surface area contributed by atoms with Crippen LogP contribution < -0.4 is 9.47 Å². The molecule has 0 aliphatic carbocycles. The summed E-state index contributed by atoms with van der Waals surface area (Å²) in [6, 6.07) is 13.3. The van der Waals surface area contributed by atoms with E-state index in [-0.39, 0.29) is 0 Å². The highest BCUT2D eigenvalue weighted by Gasteiger charge is 2.09. The lowest BCUT2D eigenvalue weighted by Gasteiger charge is -2.14. The number of benzene rings is 2. The monoisotopic (exact) mass is 354 g/mol. The molecule has 0 aromatic heterocycles. The van der Waals surface area contributed by atoms with Crippen molar-refractivity contribution in [3.63, 3.8) is 0 Å². The Hall–Kier alpha value is -1.19. The van der Waals surface area contributed by atoms with Crippen LogP contribution in [-0.4, -0.2) is 6.61 Å². The number of hydrogen-bond acceptors (Lipinski definition) is 2. The van der Waals surface area contributed by atoms with Crippen molar-refractivity contribution in [2.24, 2.45) is 0 Å². The Morgan fingerprint density at radius 1 is 1.05 bits per heavy atom. The van der Waals surface area contributed by atoms with E-state index in [0.29, 0.717) is 22.7 Å². The lowest BCUT2D eigenvalue weighted by molar-refractivity contribution is 0.302. The van der Waals surface area contributed by atoms with E-state index in [2.05, 4.69) is 22.9 Å². The van der Waals surface area contributed by atoms with Gasteiger partial charge in [0.1, 0.15) is 5.75 Å². The fourth-order valence-electron chi connectivity index (χ4n) is 1.74. The van der Waals surface area contributed by atoms with Crippen LogP contribution in [0.2, 0.25) is 5.02 Å². The first kappa shape index (κ1) is 15.2. The summed E-state index contributed by atoms with van der Waals surface area (Å²) in [5, 5.41) is 1.38. The van der Waals surface area contributed by atoms with Gasteiger partial charge in [0.05, 0.1) is 6.61 Å². The average Bonchev–Trinajstić information content (AvgIpc) is 2.48. The van der Waals surface area contributed by atoms with Crippen LogP contribution in [0.5, 0.6) is 17.2 Å². The van der Waals surface area contributed by atoms with Crippen LogP contribution in [0.25, 0.3) is 0 Å². The molecule has 2 rings (SSSR count). The number of ether oxygens (including phenoxy) is 2. The predicted octanol–water partition coefficient (Wildman–Crippen LogP) is 5.82. The van der Waals surface area contributed by atoms with Crippen LogP contribution in [-0.2, 0) is 5.33 Å². The van der Waals surface area contributed by atoms with Gasteiger partial charge in [0.15, 0.2) is 11.5 Å². The van der Waals surface area contributed by atoms with Crippen molar-refractivity contribution in [2.75, 3.05) is 6.61 Å². The van der Waals surface area contributed by atoms with E-state index in [4.69, 9.17) is 21.1 Å².